The zero-order valence-electron chi connectivity index (χ0n) is 36.7. The summed E-state index contributed by atoms with van der Waals surface area (Å²) in [5, 5.41) is -0.00618. The third-order valence-corrected chi connectivity index (χ3v) is 12.1. The second kappa shape index (κ2) is 17.7. The van der Waals surface area contributed by atoms with Gasteiger partial charge in [-0.15, -0.1) is 0 Å². The number of alkyl halides is 12. The quantitative estimate of drug-likeness (QED) is 0.149. The molecule has 0 aliphatic carbocycles. The Labute approximate surface area is 403 Å². The number of rotatable bonds is 7. The molecule has 0 N–H and O–H groups in total. The van der Waals surface area contributed by atoms with E-state index in [0.29, 0.717) is 41.5 Å². The maximum Gasteiger partial charge on any atom is 0.417 e. The number of benzene rings is 8. The van der Waals surface area contributed by atoms with Crippen molar-refractivity contribution in [3.63, 3.8) is 0 Å². The van der Waals surface area contributed by atoms with Gasteiger partial charge in [-0.1, -0.05) is 97.1 Å². The zero-order valence-corrected chi connectivity index (χ0v) is 36.7. The van der Waals surface area contributed by atoms with Gasteiger partial charge in [0.25, 0.3) is 0 Å². The van der Waals surface area contributed by atoms with Crippen LogP contribution in [0.1, 0.15) is 22.3 Å². The van der Waals surface area contributed by atoms with Gasteiger partial charge >= 0.3 is 24.7 Å². The molecule has 2 aromatic heterocycles. The Hall–Kier alpha value is -8.41. The third-order valence-electron chi connectivity index (χ3n) is 12.1. The van der Waals surface area contributed by atoms with Gasteiger partial charge in [0.2, 0.25) is 0 Å². The molecular weight excluding hydrogens is 983 g/mol. The summed E-state index contributed by atoms with van der Waals surface area (Å²) in [5.74, 6) is -1.36. The highest BCUT2D eigenvalue weighted by molar-refractivity contribution is 6.12. The Morgan fingerprint density at radius 3 is 1.16 bits per heavy atom. The van der Waals surface area contributed by atoms with Crippen molar-refractivity contribution < 1.29 is 61.5 Å². The monoisotopic (exact) mass is 1010 g/mol. The highest BCUT2D eigenvalue weighted by atomic mass is 19.4. The van der Waals surface area contributed by atoms with Crippen molar-refractivity contribution in [1.29, 1.82) is 0 Å². The van der Waals surface area contributed by atoms with Crippen LogP contribution in [0.3, 0.4) is 0 Å². The molecule has 73 heavy (non-hydrogen) atoms. The van der Waals surface area contributed by atoms with Gasteiger partial charge in [0.05, 0.1) is 39.0 Å². The molecule has 10 rings (SSSR count). The summed E-state index contributed by atoms with van der Waals surface area (Å²) < 4.78 is 203. The summed E-state index contributed by atoms with van der Waals surface area (Å²) in [6, 6.07) is 34.5. The molecule has 0 atom stereocenters. The first kappa shape index (κ1) is 48.2. The summed E-state index contributed by atoms with van der Waals surface area (Å²) in [6.07, 6.45) is -21.0. The van der Waals surface area contributed by atoms with Crippen molar-refractivity contribution in [2.45, 2.75) is 24.7 Å². The molecule has 0 radical (unpaired) electrons. The summed E-state index contributed by atoms with van der Waals surface area (Å²) in [4.78, 5) is 14.3. The molecule has 0 saturated carbocycles. The summed E-state index contributed by atoms with van der Waals surface area (Å²) in [6.45, 7) is 0. The lowest BCUT2D eigenvalue weighted by Crippen LogP contribution is -2.12. The molecule has 2 heterocycles. The van der Waals surface area contributed by atoms with Gasteiger partial charge in [0, 0.05) is 44.7 Å². The van der Waals surface area contributed by atoms with Crippen molar-refractivity contribution in [1.82, 2.24) is 19.5 Å². The molecular formula is C55H28F14N4. The van der Waals surface area contributed by atoms with Crippen LogP contribution in [0.2, 0.25) is 0 Å². The highest BCUT2D eigenvalue weighted by Gasteiger charge is 2.40. The van der Waals surface area contributed by atoms with Gasteiger partial charge in [-0.25, -0.2) is 23.7 Å². The molecule has 0 fully saturated rings. The van der Waals surface area contributed by atoms with Crippen LogP contribution in [-0.4, -0.2) is 19.5 Å². The van der Waals surface area contributed by atoms with Crippen LogP contribution in [0.5, 0.6) is 0 Å². The van der Waals surface area contributed by atoms with Crippen LogP contribution in [0, 0.1) is 11.6 Å². The lowest BCUT2D eigenvalue weighted by molar-refractivity contribution is -0.144. The normalized spacial score (nSPS) is 12.5. The Morgan fingerprint density at radius 1 is 0.329 bits per heavy atom. The average molecular weight is 1010 g/mol. The molecule has 8 aromatic carbocycles. The fourth-order valence-electron chi connectivity index (χ4n) is 8.76. The second-order valence-corrected chi connectivity index (χ2v) is 16.7. The molecule has 0 saturated heterocycles. The molecule has 4 nitrogen and oxygen atoms in total. The van der Waals surface area contributed by atoms with Crippen molar-refractivity contribution in [2.24, 2.45) is 0 Å². The zero-order chi connectivity index (χ0) is 51.8. The Kier molecular flexibility index (Phi) is 11.7. The lowest BCUT2D eigenvalue weighted by atomic mass is 9.94. The van der Waals surface area contributed by atoms with Gasteiger partial charge in [0.1, 0.15) is 11.6 Å². The van der Waals surface area contributed by atoms with Crippen LogP contribution >= 0.6 is 0 Å². The maximum absolute atomic E-state index is 16.0. The van der Waals surface area contributed by atoms with Gasteiger partial charge in [-0.2, -0.15) is 52.7 Å². The minimum Gasteiger partial charge on any atom is -0.309 e. The molecule has 0 unspecified atom stereocenters. The van der Waals surface area contributed by atoms with E-state index in [9.17, 15) is 57.1 Å². The number of hydrogen-bond donors (Lipinski definition) is 0. The smallest absolute Gasteiger partial charge is 0.309 e. The molecule has 0 amide bonds. The van der Waals surface area contributed by atoms with Crippen LogP contribution in [-0.2, 0) is 24.7 Å². The predicted molar refractivity (Wildman–Crippen MR) is 247 cm³/mol. The van der Waals surface area contributed by atoms with E-state index in [1.807, 2.05) is 0 Å². The van der Waals surface area contributed by atoms with Crippen LogP contribution in [0.25, 0.3) is 95.0 Å². The van der Waals surface area contributed by atoms with Gasteiger partial charge in [-0.05, 0) is 89.0 Å². The Morgan fingerprint density at radius 2 is 0.740 bits per heavy atom. The largest absolute Gasteiger partial charge is 0.417 e. The molecule has 0 aliphatic rings. The summed E-state index contributed by atoms with van der Waals surface area (Å²) >= 11 is 0. The van der Waals surface area contributed by atoms with E-state index in [1.165, 1.54) is 53.1 Å². The minimum absolute atomic E-state index is 0.00309. The van der Waals surface area contributed by atoms with Crippen LogP contribution in [0.15, 0.2) is 170 Å². The second-order valence-electron chi connectivity index (χ2n) is 16.7. The van der Waals surface area contributed by atoms with Crippen molar-refractivity contribution >= 4 is 21.8 Å². The van der Waals surface area contributed by atoms with Gasteiger partial charge in [0.15, 0.2) is 17.5 Å². The van der Waals surface area contributed by atoms with Crippen LogP contribution in [0.4, 0.5) is 61.5 Å². The first-order chi connectivity index (χ1) is 34.5. The predicted octanol–water partition coefficient (Wildman–Crippen LogP) is 17.3. The molecule has 0 aliphatic heterocycles. The van der Waals surface area contributed by atoms with E-state index in [-0.39, 0.29) is 84.9 Å². The fraction of sp³-hybridized carbons (Fsp3) is 0.0727. The number of hydrogen-bond acceptors (Lipinski definition) is 3. The van der Waals surface area contributed by atoms with E-state index in [0.717, 1.165) is 12.1 Å². The standard InChI is InChI=1S/C55H28F14N4/c56-36-16-20-39(45(57)28-36)40-17-11-33(51-71-49(29-7-3-1-4-8-29)70-50(72-51)30-9-5-2-6-10-30)25-48(40)73-46-21-12-31(37-18-14-34(52(58,59)60)26-43(37)54(64,65)66)23-41(46)42-24-32(13-22-47(42)73)38-19-15-35(53(61,62)63)27-44(38)55(67,68)69/h1-28H. The SMILES string of the molecule is Fc1ccc(-c2ccc(-c3nc(-c4ccccc4)nc(-c4ccccc4)n3)cc2-n2c3ccc(-c4ccc(C(F)(F)F)cc4C(F)(F)F)cc3c3cc(-c4ccc(C(F)(F)F)cc4C(F)(F)F)ccc32)c(F)c1. The highest BCUT2D eigenvalue weighted by Crippen LogP contribution is 2.47. The Balaban J connectivity index is 1.29. The number of nitrogens with zero attached hydrogens (tertiary/aromatic N) is 4. The number of halogens is 14. The van der Waals surface area contributed by atoms with Crippen molar-refractivity contribution in [2.75, 3.05) is 0 Å². The van der Waals surface area contributed by atoms with E-state index >= 15 is 4.39 Å². The van der Waals surface area contributed by atoms with Gasteiger partial charge < -0.3 is 4.57 Å². The third kappa shape index (κ3) is 9.24. The fourth-order valence-corrected chi connectivity index (χ4v) is 8.76. The summed E-state index contributed by atoms with van der Waals surface area (Å²) in [5.41, 5.74) is -6.76. The molecule has 18 heteroatoms. The number of aromatic nitrogens is 4. The topological polar surface area (TPSA) is 43.6 Å². The van der Waals surface area contributed by atoms with E-state index in [4.69, 9.17) is 15.0 Å². The Bertz CT molecular complexity index is 3570. The number of fused-ring (bicyclic) bond motifs is 3. The summed E-state index contributed by atoms with van der Waals surface area (Å²) in [7, 11) is 0. The van der Waals surface area contributed by atoms with Crippen molar-refractivity contribution in [3.05, 3.63) is 204 Å². The maximum atomic E-state index is 16.0. The first-order valence-corrected chi connectivity index (χ1v) is 21.7. The van der Waals surface area contributed by atoms with Gasteiger partial charge in [-0.3, -0.25) is 0 Å². The molecule has 0 bridgehead atoms. The lowest BCUT2D eigenvalue weighted by Gasteiger charge is -2.18. The van der Waals surface area contributed by atoms with Crippen LogP contribution < -0.4 is 0 Å². The van der Waals surface area contributed by atoms with Crippen molar-refractivity contribution in [3.8, 4) is 73.2 Å². The molecule has 0 spiro atoms. The first-order valence-electron chi connectivity index (χ1n) is 21.7. The van der Waals surface area contributed by atoms with E-state index < -0.39 is 69.7 Å². The average Bonchev–Trinajstić information content (AvgIpc) is 3.68. The minimum atomic E-state index is -5.33. The molecule has 10 aromatic rings. The molecule has 366 valence electrons. The van der Waals surface area contributed by atoms with E-state index in [2.05, 4.69) is 0 Å². The van der Waals surface area contributed by atoms with E-state index in [1.54, 1.807) is 66.7 Å².